The number of hydrogen-bond acceptors (Lipinski definition) is 3. The van der Waals surface area contributed by atoms with Crippen molar-refractivity contribution in [2.45, 2.75) is 90.8 Å². The van der Waals surface area contributed by atoms with Gasteiger partial charge in [-0.3, -0.25) is 0 Å². The van der Waals surface area contributed by atoms with E-state index >= 15 is 0 Å². The average Bonchev–Trinajstić information content (AvgIpc) is 2.34. The minimum Gasteiger partial charge on any atom is -0.444 e. The van der Waals surface area contributed by atoms with E-state index in [0.29, 0.717) is 6.04 Å². The number of hydrogen-bond donors (Lipinski definition) is 2. The number of carbonyl (C=O) groups excluding carboxylic acids is 1. The first-order chi connectivity index (χ1) is 9.59. The van der Waals surface area contributed by atoms with E-state index in [1.807, 2.05) is 34.6 Å². The summed E-state index contributed by atoms with van der Waals surface area (Å²) in [5.74, 6) is 0.774. The Morgan fingerprint density at radius 3 is 2.24 bits per heavy atom. The van der Waals surface area contributed by atoms with E-state index in [-0.39, 0.29) is 11.6 Å². The van der Waals surface area contributed by atoms with Gasteiger partial charge >= 0.3 is 6.09 Å². The summed E-state index contributed by atoms with van der Waals surface area (Å²) in [6.07, 6.45) is 6.41. The van der Waals surface area contributed by atoms with Gasteiger partial charge in [-0.05, 0) is 60.3 Å². The predicted molar refractivity (Wildman–Crippen MR) is 87.5 cm³/mol. The lowest BCUT2D eigenvalue weighted by molar-refractivity contribution is 0.0469. The largest absolute Gasteiger partial charge is 0.444 e. The van der Waals surface area contributed by atoms with Gasteiger partial charge in [0.05, 0.1) is 5.54 Å². The standard InChI is InChI=1S/C17H34N2O2/c1-13(14-10-8-7-9-11-14)18-12-17(5,6)19-15(20)21-16(2,3)4/h13-14,18H,7-12H2,1-6H3,(H,19,20). The highest BCUT2D eigenvalue weighted by Gasteiger charge is 2.26. The van der Waals surface area contributed by atoms with Gasteiger partial charge in [0.2, 0.25) is 0 Å². The third-order valence-electron chi connectivity index (χ3n) is 4.06. The third-order valence-corrected chi connectivity index (χ3v) is 4.06. The Morgan fingerprint density at radius 1 is 1.14 bits per heavy atom. The summed E-state index contributed by atoms with van der Waals surface area (Å²) in [5, 5.41) is 6.54. The molecule has 0 bridgehead atoms. The maximum atomic E-state index is 11.9. The van der Waals surface area contributed by atoms with Crippen LogP contribution in [0.25, 0.3) is 0 Å². The number of alkyl carbamates (subject to hydrolysis) is 1. The molecule has 0 aromatic rings. The maximum absolute atomic E-state index is 11.9. The molecule has 0 heterocycles. The van der Waals surface area contributed by atoms with Gasteiger partial charge in [-0.2, -0.15) is 0 Å². The van der Waals surface area contributed by atoms with Gasteiger partial charge in [-0.1, -0.05) is 19.3 Å². The summed E-state index contributed by atoms with van der Waals surface area (Å²) < 4.78 is 5.32. The van der Waals surface area contributed by atoms with Crippen molar-refractivity contribution in [3.05, 3.63) is 0 Å². The second-order valence-corrected chi connectivity index (χ2v) is 8.08. The van der Waals surface area contributed by atoms with Gasteiger partial charge in [0.1, 0.15) is 5.60 Å². The van der Waals surface area contributed by atoms with Crippen LogP contribution in [0, 0.1) is 5.92 Å². The number of amides is 1. The molecule has 4 nitrogen and oxygen atoms in total. The van der Waals surface area contributed by atoms with Crippen molar-refractivity contribution in [2.75, 3.05) is 6.54 Å². The molecule has 0 aromatic heterocycles. The van der Waals surface area contributed by atoms with Crippen LogP contribution < -0.4 is 10.6 Å². The molecule has 0 aliphatic heterocycles. The van der Waals surface area contributed by atoms with E-state index in [4.69, 9.17) is 4.74 Å². The van der Waals surface area contributed by atoms with E-state index in [1.165, 1.54) is 32.1 Å². The molecule has 0 spiro atoms. The van der Waals surface area contributed by atoms with Crippen molar-refractivity contribution in [3.63, 3.8) is 0 Å². The zero-order valence-corrected chi connectivity index (χ0v) is 14.7. The summed E-state index contributed by atoms with van der Waals surface area (Å²) in [5.41, 5.74) is -0.770. The molecule has 1 fully saturated rings. The molecule has 1 unspecified atom stereocenters. The molecule has 1 aliphatic carbocycles. The van der Waals surface area contributed by atoms with Crippen LogP contribution in [0.1, 0.15) is 73.6 Å². The Kier molecular flexibility index (Phi) is 6.51. The highest BCUT2D eigenvalue weighted by Crippen LogP contribution is 2.26. The molecule has 4 heteroatoms. The molecule has 21 heavy (non-hydrogen) atoms. The lowest BCUT2D eigenvalue weighted by atomic mass is 9.84. The summed E-state index contributed by atoms with van der Waals surface area (Å²) in [6.45, 7) is 12.7. The van der Waals surface area contributed by atoms with E-state index in [9.17, 15) is 4.79 Å². The second-order valence-electron chi connectivity index (χ2n) is 8.08. The zero-order chi connectivity index (χ0) is 16.1. The maximum Gasteiger partial charge on any atom is 0.408 e. The molecule has 1 rings (SSSR count). The second kappa shape index (κ2) is 7.48. The number of ether oxygens (including phenoxy) is 1. The number of carbonyl (C=O) groups is 1. The predicted octanol–water partition coefficient (Wildman–Crippen LogP) is 3.85. The zero-order valence-electron chi connectivity index (χ0n) is 14.7. The van der Waals surface area contributed by atoms with Crippen molar-refractivity contribution < 1.29 is 9.53 Å². The number of nitrogens with one attached hydrogen (secondary N) is 2. The van der Waals surface area contributed by atoms with Crippen LogP contribution in [0.3, 0.4) is 0 Å². The fourth-order valence-electron chi connectivity index (χ4n) is 2.84. The molecule has 1 atom stereocenters. The monoisotopic (exact) mass is 298 g/mol. The molecule has 1 amide bonds. The molecule has 0 saturated heterocycles. The summed E-state index contributed by atoms with van der Waals surface area (Å²) >= 11 is 0. The Hall–Kier alpha value is -0.770. The van der Waals surface area contributed by atoms with Gasteiger partial charge in [-0.25, -0.2) is 4.79 Å². The molecular formula is C17H34N2O2. The van der Waals surface area contributed by atoms with Gasteiger partial charge in [0, 0.05) is 12.6 Å². The van der Waals surface area contributed by atoms with Crippen LogP contribution in [-0.2, 0) is 4.74 Å². The topological polar surface area (TPSA) is 50.4 Å². The van der Waals surface area contributed by atoms with Crippen LogP contribution in [0.15, 0.2) is 0 Å². The molecular weight excluding hydrogens is 264 g/mol. The highest BCUT2D eigenvalue weighted by atomic mass is 16.6. The minimum absolute atomic E-state index is 0.314. The van der Waals surface area contributed by atoms with Gasteiger partial charge < -0.3 is 15.4 Å². The third kappa shape index (κ3) is 7.70. The Labute approximate surface area is 130 Å². The normalized spacial score (nSPS) is 19.1. The van der Waals surface area contributed by atoms with Crippen LogP contribution in [-0.4, -0.2) is 29.8 Å². The molecule has 124 valence electrons. The van der Waals surface area contributed by atoms with Crippen molar-refractivity contribution in [2.24, 2.45) is 5.92 Å². The lowest BCUT2D eigenvalue weighted by Gasteiger charge is -2.33. The fraction of sp³-hybridized carbons (Fsp3) is 0.941. The first-order valence-corrected chi connectivity index (χ1v) is 8.34. The van der Waals surface area contributed by atoms with Crippen molar-refractivity contribution in [3.8, 4) is 0 Å². The average molecular weight is 298 g/mol. The fourth-order valence-corrected chi connectivity index (χ4v) is 2.84. The van der Waals surface area contributed by atoms with E-state index in [2.05, 4.69) is 17.6 Å². The van der Waals surface area contributed by atoms with Crippen LogP contribution in [0.4, 0.5) is 4.79 Å². The molecule has 1 aliphatic rings. The molecule has 2 N–H and O–H groups in total. The van der Waals surface area contributed by atoms with Crippen LogP contribution in [0.5, 0.6) is 0 Å². The lowest BCUT2D eigenvalue weighted by Crippen LogP contribution is -2.53. The first kappa shape index (κ1) is 18.3. The highest BCUT2D eigenvalue weighted by molar-refractivity contribution is 5.68. The molecule has 1 saturated carbocycles. The SMILES string of the molecule is CC(NCC(C)(C)NC(=O)OC(C)(C)C)C1CCCCC1. The summed E-state index contributed by atoms with van der Waals surface area (Å²) in [7, 11) is 0. The van der Waals surface area contributed by atoms with E-state index in [0.717, 1.165) is 12.5 Å². The smallest absolute Gasteiger partial charge is 0.408 e. The molecule has 0 radical (unpaired) electrons. The van der Waals surface area contributed by atoms with Gasteiger partial charge in [0.25, 0.3) is 0 Å². The summed E-state index contributed by atoms with van der Waals surface area (Å²) in [6, 6.07) is 0.505. The molecule has 0 aromatic carbocycles. The van der Waals surface area contributed by atoms with Crippen LogP contribution in [0.2, 0.25) is 0 Å². The Balaban J connectivity index is 2.35. The van der Waals surface area contributed by atoms with E-state index < -0.39 is 5.60 Å². The van der Waals surface area contributed by atoms with Gasteiger partial charge in [0.15, 0.2) is 0 Å². The summed E-state index contributed by atoms with van der Waals surface area (Å²) in [4.78, 5) is 11.9. The van der Waals surface area contributed by atoms with Crippen LogP contribution >= 0.6 is 0 Å². The van der Waals surface area contributed by atoms with Gasteiger partial charge in [-0.15, -0.1) is 0 Å². The minimum atomic E-state index is -0.455. The quantitative estimate of drug-likeness (QED) is 0.810. The first-order valence-electron chi connectivity index (χ1n) is 8.34. The van der Waals surface area contributed by atoms with E-state index in [1.54, 1.807) is 0 Å². The Morgan fingerprint density at radius 2 is 1.71 bits per heavy atom. The van der Waals surface area contributed by atoms with Crippen molar-refractivity contribution in [1.82, 2.24) is 10.6 Å². The number of rotatable bonds is 5. The Bertz CT molecular complexity index is 328. The van der Waals surface area contributed by atoms with Crippen molar-refractivity contribution in [1.29, 1.82) is 0 Å². The van der Waals surface area contributed by atoms with Crippen molar-refractivity contribution >= 4 is 6.09 Å².